The van der Waals surface area contributed by atoms with Gasteiger partial charge in [0.25, 0.3) is 0 Å². The zero-order chi connectivity index (χ0) is 4.12. The molecule has 0 aromatic carbocycles. The van der Waals surface area contributed by atoms with Gasteiger partial charge < -0.3 is 0 Å². The molecule has 0 spiro atoms. The van der Waals surface area contributed by atoms with Crippen LogP contribution in [0.15, 0.2) is 0 Å². The lowest BCUT2D eigenvalue weighted by molar-refractivity contribution is 0.119. The molecule has 4 heteroatoms. The summed E-state index contributed by atoms with van der Waals surface area (Å²) >= 11 is 2.84. The monoisotopic (exact) mass is 219 g/mol. The fraction of sp³-hybridized carbons (Fsp3) is 1.00. The molecular formula is C2H7Br2NO. The molecule has 0 fully saturated rings. The van der Waals surface area contributed by atoms with E-state index >= 15 is 0 Å². The fourth-order valence-corrected chi connectivity index (χ4v) is 0.283. The van der Waals surface area contributed by atoms with Crippen molar-refractivity contribution in [1.82, 2.24) is 4.51 Å². The summed E-state index contributed by atoms with van der Waals surface area (Å²) in [6.45, 7) is 2.58. The van der Waals surface area contributed by atoms with Crippen molar-refractivity contribution in [3.8, 4) is 0 Å². The predicted molar refractivity (Wildman–Crippen MR) is 34.0 cm³/mol. The summed E-state index contributed by atoms with van der Waals surface area (Å²) in [5.41, 5.74) is 0. The van der Waals surface area contributed by atoms with Crippen LogP contribution in [0.25, 0.3) is 0 Å². The van der Waals surface area contributed by atoms with Gasteiger partial charge >= 0.3 is 0 Å². The van der Waals surface area contributed by atoms with Crippen LogP contribution in [0.3, 0.4) is 0 Å². The van der Waals surface area contributed by atoms with Gasteiger partial charge in [-0.3, -0.25) is 4.84 Å². The highest BCUT2D eigenvalue weighted by Gasteiger charge is 1.63. The predicted octanol–water partition coefficient (Wildman–Crippen LogP) is 1.42. The molecule has 0 saturated heterocycles. The second kappa shape index (κ2) is 9.30. The molecule has 0 aliphatic rings. The molecule has 0 heterocycles. The van der Waals surface area contributed by atoms with Crippen LogP contribution in [-0.2, 0) is 4.84 Å². The van der Waals surface area contributed by atoms with Crippen molar-refractivity contribution in [3.05, 3.63) is 0 Å². The molecule has 0 saturated carbocycles. The number of hydrogen-bond acceptors (Lipinski definition) is 2. The molecule has 0 aromatic heterocycles. The zero-order valence-electron chi connectivity index (χ0n) is 3.40. The Labute approximate surface area is 56.3 Å². The first kappa shape index (κ1) is 9.99. The average Bonchev–Trinajstić information content (AvgIpc) is 1.41. The number of halogens is 2. The molecule has 0 rings (SSSR count). The van der Waals surface area contributed by atoms with Crippen LogP contribution >= 0.6 is 33.1 Å². The molecular weight excluding hydrogens is 214 g/mol. The molecule has 0 unspecified atom stereocenters. The lowest BCUT2D eigenvalue weighted by Crippen LogP contribution is -1.96. The summed E-state index contributed by atoms with van der Waals surface area (Å²) < 4.78 is 2.33. The van der Waals surface area contributed by atoms with Gasteiger partial charge in [0.1, 0.15) is 0 Å². The standard InChI is InChI=1S/C2H6BrNO.BrH/c1-2-5-4-3;/h4H,2H2,1H3;1H. The molecule has 0 radical (unpaired) electrons. The molecule has 0 amide bonds. The van der Waals surface area contributed by atoms with Gasteiger partial charge in [0, 0.05) is 16.1 Å². The van der Waals surface area contributed by atoms with E-state index in [1.165, 1.54) is 0 Å². The van der Waals surface area contributed by atoms with Crippen molar-refractivity contribution in [3.63, 3.8) is 0 Å². The first-order chi connectivity index (χ1) is 2.41. The van der Waals surface area contributed by atoms with E-state index in [1.807, 2.05) is 6.92 Å². The quantitative estimate of drug-likeness (QED) is 0.562. The number of rotatable bonds is 2. The third kappa shape index (κ3) is 8.86. The minimum Gasteiger partial charge on any atom is -0.291 e. The maximum Gasteiger partial charge on any atom is 0.0664 e. The maximum atomic E-state index is 4.50. The van der Waals surface area contributed by atoms with Crippen molar-refractivity contribution in [2.45, 2.75) is 6.92 Å². The van der Waals surface area contributed by atoms with Gasteiger partial charge in [-0.25, -0.2) is 0 Å². The van der Waals surface area contributed by atoms with Gasteiger partial charge in [0.05, 0.1) is 6.61 Å². The largest absolute Gasteiger partial charge is 0.291 e. The topological polar surface area (TPSA) is 21.3 Å². The van der Waals surface area contributed by atoms with Crippen molar-refractivity contribution in [2.75, 3.05) is 6.61 Å². The average molecular weight is 221 g/mol. The van der Waals surface area contributed by atoms with Gasteiger partial charge in [-0.05, 0) is 6.92 Å². The Balaban J connectivity index is 0. The second-order valence-corrected chi connectivity index (χ2v) is 0.834. The van der Waals surface area contributed by atoms with E-state index in [1.54, 1.807) is 0 Å². The lowest BCUT2D eigenvalue weighted by atomic mass is 10.9. The van der Waals surface area contributed by atoms with E-state index < -0.39 is 0 Å². The smallest absolute Gasteiger partial charge is 0.0664 e. The van der Waals surface area contributed by atoms with E-state index in [0.29, 0.717) is 6.61 Å². The summed E-state index contributed by atoms with van der Waals surface area (Å²) in [7, 11) is 0. The van der Waals surface area contributed by atoms with E-state index in [0.717, 1.165) is 0 Å². The van der Waals surface area contributed by atoms with Crippen LogP contribution in [0, 0.1) is 0 Å². The minimum absolute atomic E-state index is 0. The summed E-state index contributed by atoms with van der Waals surface area (Å²) in [6.07, 6.45) is 0. The maximum absolute atomic E-state index is 4.50. The Morgan fingerprint density at radius 2 is 2.33 bits per heavy atom. The first-order valence-electron chi connectivity index (χ1n) is 1.39. The molecule has 0 aliphatic heterocycles. The molecule has 6 heavy (non-hydrogen) atoms. The zero-order valence-corrected chi connectivity index (χ0v) is 6.70. The van der Waals surface area contributed by atoms with E-state index in [-0.39, 0.29) is 17.0 Å². The van der Waals surface area contributed by atoms with E-state index in [4.69, 9.17) is 0 Å². The molecule has 0 aromatic rings. The molecule has 2 nitrogen and oxygen atoms in total. The first-order valence-corrected chi connectivity index (χ1v) is 2.18. The fourth-order valence-electron chi connectivity index (χ4n) is 0.0546. The minimum atomic E-state index is 0. The van der Waals surface area contributed by atoms with Crippen molar-refractivity contribution < 1.29 is 4.84 Å². The summed E-state index contributed by atoms with van der Waals surface area (Å²) in [5.74, 6) is 0. The number of hydrogen-bond donors (Lipinski definition) is 1. The van der Waals surface area contributed by atoms with Gasteiger partial charge in [-0.15, -0.1) is 21.5 Å². The van der Waals surface area contributed by atoms with Crippen molar-refractivity contribution >= 4 is 33.1 Å². The molecule has 40 valence electrons. The Morgan fingerprint density at radius 3 is 2.33 bits per heavy atom. The van der Waals surface area contributed by atoms with Crippen LogP contribution in [0.1, 0.15) is 6.92 Å². The Morgan fingerprint density at radius 1 is 1.83 bits per heavy atom. The molecule has 0 bridgehead atoms. The number of nitrogens with one attached hydrogen (secondary N) is 1. The Kier molecular flexibility index (Phi) is 15.5. The van der Waals surface area contributed by atoms with Crippen LogP contribution in [0.4, 0.5) is 0 Å². The van der Waals surface area contributed by atoms with Crippen LogP contribution in [0.2, 0.25) is 0 Å². The second-order valence-electron chi connectivity index (χ2n) is 0.510. The highest BCUT2D eigenvalue weighted by atomic mass is 79.9. The van der Waals surface area contributed by atoms with E-state index in [9.17, 15) is 0 Å². The highest BCUT2D eigenvalue weighted by molar-refractivity contribution is 9.07. The van der Waals surface area contributed by atoms with Gasteiger partial charge in [-0.1, -0.05) is 0 Å². The van der Waals surface area contributed by atoms with Crippen LogP contribution in [0.5, 0.6) is 0 Å². The summed E-state index contributed by atoms with van der Waals surface area (Å²) in [4.78, 5) is 4.50. The Hall–Kier alpha value is 0.880. The van der Waals surface area contributed by atoms with Crippen molar-refractivity contribution in [1.29, 1.82) is 0 Å². The molecule has 0 aliphatic carbocycles. The highest BCUT2D eigenvalue weighted by Crippen LogP contribution is 1.66. The van der Waals surface area contributed by atoms with Gasteiger partial charge in [0.15, 0.2) is 0 Å². The van der Waals surface area contributed by atoms with Gasteiger partial charge in [-0.2, -0.15) is 0 Å². The van der Waals surface area contributed by atoms with Crippen LogP contribution in [-0.4, -0.2) is 6.61 Å². The van der Waals surface area contributed by atoms with Gasteiger partial charge in [0.2, 0.25) is 0 Å². The van der Waals surface area contributed by atoms with E-state index in [2.05, 4.69) is 25.5 Å². The SMILES string of the molecule is Br.CCONBr. The third-order valence-corrected chi connectivity index (χ3v) is 0.428. The summed E-state index contributed by atoms with van der Waals surface area (Å²) in [5, 5.41) is 0. The molecule has 1 N–H and O–H groups in total. The lowest BCUT2D eigenvalue weighted by Gasteiger charge is -1.86. The molecule has 0 atom stereocenters. The Bertz CT molecular complexity index is 19.0. The van der Waals surface area contributed by atoms with Crippen LogP contribution < -0.4 is 4.51 Å². The van der Waals surface area contributed by atoms with Crippen molar-refractivity contribution in [2.24, 2.45) is 0 Å². The normalized spacial score (nSPS) is 7.00. The summed E-state index contributed by atoms with van der Waals surface area (Å²) in [6, 6.07) is 0. The third-order valence-electron chi connectivity index (χ3n) is 0.199.